The first-order valence-corrected chi connectivity index (χ1v) is 7.54. The molecule has 0 saturated carbocycles. The van der Waals surface area contributed by atoms with Gasteiger partial charge in [-0.2, -0.15) is 0 Å². The smallest absolute Gasteiger partial charge is 0.239 e. The summed E-state index contributed by atoms with van der Waals surface area (Å²) in [7, 11) is 1.83. The summed E-state index contributed by atoms with van der Waals surface area (Å²) in [6, 6.07) is 7.60. The van der Waals surface area contributed by atoms with Gasteiger partial charge in [0.2, 0.25) is 5.91 Å². The summed E-state index contributed by atoms with van der Waals surface area (Å²) in [5, 5.41) is 1.14. The fraction of sp³-hybridized carbons (Fsp3) is 0.471. The lowest BCUT2D eigenvalue weighted by atomic mass is 10.0. The van der Waals surface area contributed by atoms with Crippen molar-refractivity contribution in [3.05, 3.63) is 36.0 Å². The van der Waals surface area contributed by atoms with E-state index in [1.807, 2.05) is 31.4 Å². The van der Waals surface area contributed by atoms with Crippen LogP contribution < -0.4 is 5.73 Å². The van der Waals surface area contributed by atoms with Gasteiger partial charge in [0.15, 0.2) is 0 Å². The second-order valence-corrected chi connectivity index (χ2v) is 6.11. The van der Waals surface area contributed by atoms with Gasteiger partial charge in [0, 0.05) is 30.7 Å². The first-order valence-electron chi connectivity index (χ1n) is 7.54. The lowest BCUT2D eigenvalue weighted by Crippen LogP contribution is -2.43. The molecule has 21 heavy (non-hydrogen) atoms. The van der Waals surface area contributed by atoms with Crippen LogP contribution in [0.5, 0.6) is 0 Å². The van der Waals surface area contributed by atoms with Gasteiger partial charge in [0.1, 0.15) is 0 Å². The van der Waals surface area contributed by atoms with Crippen molar-refractivity contribution in [1.29, 1.82) is 0 Å². The Kier molecular flexibility index (Phi) is 5.02. The van der Waals surface area contributed by atoms with Crippen LogP contribution in [-0.2, 0) is 11.2 Å². The molecule has 0 aliphatic carbocycles. The molecular formula is C17H25N3O. The molecule has 4 heteroatoms. The van der Waals surface area contributed by atoms with E-state index in [2.05, 4.69) is 24.9 Å². The van der Waals surface area contributed by atoms with Crippen molar-refractivity contribution in [2.45, 2.75) is 32.7 Å². The van der Waals surface area contributed by atoms with Crippen LogP contribution >= 0.6 is 0 Å². The second-order valence-electron chi connectivity index (χ2n) is 6.11. The maximum absolute atomic E-state index is 12.3. The predicted octanol–water partition coefficient (Wildman–Crippen LogP) is 2.54. The summed E-state index contributed by atoms with van der Waals surface area (Å²) in [6.07, 6.45) is 3.52. The van der Waals surface area contributed by atoms with Gasteiger partial charge < -0.3 is 15.6 Å². The van der Waals surface area contributed by atoms with Crippen LogP contribution in [0.1, 0.15) is 25.8 Å². The van der Waals surface area contributed by atoms with Crippen molar-refractivity contribution in [3.63, 3.8) is 0 Å². The molecule has 1 amide bonds. The minimum atomic E-state index is -0.485. The van der Waals surface area contributed by atoms with E-state index in [1.165, 1.54) is 0 Å². The fourth-order valence-corrected chi connectivity index (χ4v) is 2.47. The Labute approximate surface area is 126 Å². The van der Waals surface area contributed by atoms with Gasteiger partial charge in [0.05, 0.1) is 6.04 Å². The average molecular weight is 287 g/mol. The SMILES string of the molecule is CC(C)CCN(C)C(=O)C(N)Cc1c[nH]c2ccccc12. The number of H-pyrrole nitrogens is 1. The molecule has 2 aromatic rings. The monoisotopic (exact) mass is 287 g/mol. The molecule has 0 spiro atoms. The van der Waals surface area contributed by atoms with Gasteiger partial charge in [-0.25, -0.2) is 0 Å². The third-order valence-electron chi connectivity index (χ3n) is 3.85. The summed E-state index contributed by atoms with van der Waals surface area (Å²) in [6.45, 7) is 5.08. The number of nitrogens with one attached hydrogen (secondary N) is 1. The van der Waals surface area contributed by atoms with Gasteiger partial charge in [-0.3, -0.25) is 4.79 Å². The molecule has 1 atom stereocenters. The van der Waals surface area contributed by atoms with Gasteiger partial charge >= 0.3 is 0 Å². The summed E-state index contributed by atoms with van der Waals surface area (Å²) in [5.41, 5.74) is 8.29. The highest BCUT2D eigenvalue weighted by Gasteiger charge is 2.19. The maximum Gasteiger partial charge on any atom is 0.239 e. The van der Waals surface area contributed by atoms with Crippen LogP contribution in [0.4, 0.5) is 0 Å². The number of carbonyl (C=O) groups excluding carboxylic acids is 1. The first kappa shape index (κ1) is 15.6. The van der Waals surface area contributed by atoms with E-state index in [-0.39, 0.29) is 5.91 Å². The van der Waals surface area contributed by atoms with E-state index < -0.39 is 6.04 Å². The normalized spacial score (nSPS) is 12.8. The minimum Gasteiger partial charge on any atom is -0.361 e. The van der Waals surface area contributed by atoms with Crippen LogP contribution in [0.25, 0.3) is 10.9 Å². The second kappa shape index (κ2) is 6.76. The van der Waals surface area contributed by atoms with Crippen molar-refractivity contribution in [2.24, 2.45) is 11.7 Å². The van der Waals surface area contributed by atoms with E-state index in [0.29, 0.717) is 12.3 Å². The van der Waals surface area contributed by atoms with Gasteiger partial charge in [-0.05, 0) is 30.4 Å². The molecule has 0 saturated heterocycles. The number of para-hydroxylation sites is 1. The summed E-state index contributed by atoms with van der Waals surface area (Å²) < 4.78 is 0. The molecule has 0 radical (unpaired) electrons. The van der Waals surface area contributed by atoms with Crippen LogP contribution in [0.3, 0.4) is 0 Å². The lowest BCUT2D eigenvalue weighted by molar-refractivity contribution is -0.131. The van der Waals surface area contributed by atoms with Crippen LogP contribution in [-0.4, -0.2) is 35.4 Å². The molecule has 4 nitrogen and oxygen atoms in total. The Morgan fingerprint density at radius 1 is 1.33 bits per heavy atom. The molecule has 2 rings (SSSR count). The van der Waals surface area contributed by atoms with Crippen molar-refractivity contribution in [3.8, 4) is 0 Å². The van der Waals surface area contributed by atoms with Crippen LogP contribution in [0.15, 0.2) is 30.5 Å². The number of nitrogens with two attached hydrogens (primary N) is 1. The highest BCUT2D eigenvalue weighted by molar-refractivity contribution is 5.86. The van der Waals surface area contributed by atoms with E-state index in [9.17, 15) is 4.79 Å². The zero-order chi connectivity index (χ0) is 15.4. The van der Waals surface area contributed by atoms with Crippen molar-refractivity contribution in [2.75, 3.05) is 13.6 Å². The summed E-state index contributed by atoms with van der Waals surface area (Å²) in [5.74, 6) is 0.603. The number of aromatic amines is 1. The van der Waals surface area contributed by atoms with Gasteiger partial charge in [0.25, 0.3) is 0 Å². The van der Waals surface area contributed by atoms with E-state index in [4.69, 9.17) is 5.73 Å². The third kappa shape index (κ3) is 3.85. The Bertz CT molecular complexity index is 603. The van der Waals surface area contributed by atoms with Crippen molar-refractivity contribution >= 4 is 16.8 Å². The largest absolute Gasteiger partial charge is 0.361 e. The Balaban J connectivity index is 2.00. The number of hydrogen-bond donors (Lipinski definition) is 2. The number of carbonyl (C=O) groups is 1. The third-order valence-corrected chi connectivity index (χ3v) is 3.85. The molecular weight excluding hydrogens is 262 g/mol. The predicted molar refractivity (Wildman–Crippen MR) is 87.1 cm³/mol. The fourth-order valence-electron chi connectivity index (χ4n) is 2.47. The standard InChI is InChI=1S/C17H25N3O/c1-12(2)8-9-20(3)17(21)15(18)10-13-11-19-16-7-5-4-6-14(13)16/h4-7,11-12,15,19H,8-10,18H2,1-3H3. The Morgan fingerprint density at radius 2 is 2.05 bits per heavy atom. The lowest BCUT2D eigenvalue weighted by Gasteiger charge is -2.22. The first-order chi connectivity index (χ1) is 9.99. The number of hydrogen-bond acceptors (Lipinski definition) is 2. The van der Waals surface area contributed by atoms with Gasteiger partial charge in [-0.1, -0.05) is 32.0 Å². The molecule has 3 N–H and O–H groups in total. The zero-order valence-corrected chi connectivity index (χ0v) is 13.1. The number of aromatic nitrogens is 1. The van der Waals surface area contributed by atoms with Crippen molar-refractivity contribution in [1.82, 2.24) is 9.88 Å². The Morgan fingerprint density at radius 3 is 2.76 bits per heavy atom. The van der Waals surface area contributed by atoms with Crippen LogP contribution in [0, 0.1) is 5.92 Å². The number of nitrogens with zero attached hydrogens (tertiary/aromatic N) is 1. The maximum atomic E-state index is 12.3. The van der Waals surface area contributed by atoms with E-state index in [1.54, 1.807) is 4.90 Å². The zero-order valence-electron chi connectivity index (χ0n) is 13.1. The van der Waals surface area contributed by atoms with Crippen LogP contribution in [0.2, 0.25) is 0 Å². The molecule has 0 fully saturated rings. The highest BCUT2D eigenvalue weighted by atomic mass is 16.2. The molecule has 1 aromatic heterocycles. The van der Waals surface area contributed by atoms with E-state index in [0.717, 1.165) is 29.4 Å². The van der Waals surface area contributed by atoms with Crippen molar-refractivity contribution < 1.29 is 4.79 Å². The number of benzene rings is 1. The molecule has 114 valence electrons. The molecule has 0 aliphatic rings. The molecule has 1 heterocycles. The molecule has 0 aliphatic heterocycles. The topological polar surface area (TPSA) is 62.1 Å². The number of fused-ring (bicyclic) bond motifs is 1. The minimum absolute atomic E-state index is 0.0148. The molecule has 1 unspecified atom stereocenters. The van der Waals surface area contributed by atoms with E-state index >= 15 is 0 Å². The summed E-state index contributed by atoms with van der Waals surface area (Å²) in [4.78, 5) is 17.3. The number of rotatable bonds is 6. The number of likely N-dealkylation sites (N-methyl/N-ethyl adjacent to an activating group) is 1. The molecule has 0 bridgehead atoms. The average Bonchev–Trinajstić information content (AvgIpc) is 2.87. The number of amides is 1. The Hall–Kier alpha value is -1.81. The quantitative estimate of drug-likeness (QED) is 0.857. The molecule has 1 aromatic carbocycles. The van der Waals surface area contributed by atoms with Gasteiger partial charge in [-0.15, -0.1) is 0 Å². The highest BCUT2D eigenvalue weighted by Crippen LogP contribution is 2.19. The summed E-state index contributed by atoms with van der Waals surface area (Å²) >= 11 is 0.